The third kappa shape index (κ3) is 3.44. The van der Waals surface area contributed by atoms with E-state index in [1.165, 1.54) is 36.7 Å². The van der Waals surface area contributed by atoms with E-state index in [0.717, 1.165) is 18.7 Å². The predicted molar refractivity (Wildman–Crippen MR) is 115 cm³/mol. The Hall–Kier alpha value is -3.58. The number of nitriles is 1. The number of anilines is 1. The zero-order valence-electron chi connectivity index (χ0n) is 17.5. The fourth-order valence-corrected chi connectivity index (χ4v) is 5.08. The molecule has 6 rings (SSSR count). The van der Waals surface area contributed by atoms with Gasteiger partial charge < -0.3 is 15.3 Å². The first-order valence-corrected chi connectivity index (χ1v) is 11.1. The van der Waals surface area contributed by atoms with Gasteiger partial charge in [0.2, 0.25) is 0 Å². The monoisotopic (exact) mass is 429 g/mol. The highest BCUT2D eigenvalue weighted by atomic mass is 16.3. The van der Waals surface area contributed by atoms with E-state index < -0.39 is 0 Å². The van der Waals surface area contributed by atoms with Gasteiger partial charge in [0.15, 0.2) is 11.6 Å². The summed E-state index contributed by atoms with van der Waals surface area (Å²) < 4.78 is 1.43. The van der Waals surface area contributed by atoms with Crippen molar-refractivity contribution in [2.75, 3.05) is 4.90 Å². The number of nitrogens with one attached hydrogen (secondary N) is 1. The van der Waals surface area contributed by atoms with Crippen molar-refractivity contribution in [3.8, 4) is 28.9 Å². The molecule has 32 heavy (non-hydrogen) atoms. The Balaban J connectivity index is 1.24. The zero-order valence-corrected chi connectivity index (χ0v) is 17.5. The van der Waals surface area contributed by atoms with Gasteiger partial charge in [-0.3, -0.25) is 0 Å². The molecule has 162 valence electrons. The summed E-state index contributed by atoms with van der Waals surface area (Å²) >= 11 is 0. The van der Waals surface area contributed by atoms with Crippen molar-refractivity contribution in [2.24, 2.45) is 0 Å². The highest BCUT2D eigenvalue weighted by molar-refractivity contribution is 5.66. The van der Waals surface area contributed by atoms with Crippen LogP contribution in [0.5, 0.6) is 5.75 Å². The van der Waals surface area contributed by atoms with Crippen LogP contribution in [0.3, 0.4) is 0 Å². The summed E-state index contributed by atoms with van der Waals surface area (Å²) in [6.45, 7) is 0. The second-order valence-electron chi connectivity index (χ2n) is 8.87. The van der Waals surface area contributed by atoms with Crippen LogP contribution in [0.25, 0.3) is 17.1 Å². The highest BCUT2D eigenvalue weighted by Crippen LogP contribution is 2.38. The quantitative estimate of drug-likeness (QED) is 0.625. The van der Waals surface area contributed by atoms with Gasteiger partial charge in [0.25, 0.3) is 5.82 Å². The number of phenolic OH excluding ortho intramolecular Hbond substituents is 1. The van der Waals surface area contributed by atoms with Crippen molar-refractivity contribution >= 4 is 5.82 Å². The molecule has 10 nitrogen and oxygen atoms in total. The summed E-state index contributed by atoms with van der Waals surface area (Å²) in [7, 11) is 0. The molecule has 0 radical (unpaired) electrons. The number of hydrogen-bond donors (Lipinski definition) is 2. The Morgan fingerprint density at radius 3 is 2.50 bits per heavy atom. The zero-order chi connectivity index (χ0) is 21.7. The molecular formula is C22H23N9O. The number of aromatic nitrogens is 6. The number of nitrogens with zero attached hydrogens (tertiary/aromatic N) is 8. The number of piperidine rings is 1. The predicted octanol–water partition coefficient (Wildman–Crippen LogP) is 1.95. The van der Waals surface area contributed by atoms with Crippen molar-refractivity contribution < 1.29 is 5.11 Å². The second-order valence-corrected chi connectivity index (χ2v) is 8.87. The molecule has 1 aromatic carbocycles. The molecule has 0 amide bonds. The fraction of sp³-hybridized carbons (Fsp3) is 0.455. The molecule has 3 aromatic rings. The molecule has 1 saturated carbocycles. The summed E-state index contributed by atoms with van der Waals surface area (Å²) in [4.78, 5) is 10.9. The van der Waals surface area contributed by atoms with Crippen LogP contribution in [0.4, 0.5) is 5.82 Å². The Kier molecular flexibility index (Phi) is 4.50. The maximum absolute atomic E-state index is 10.6. The molecule has 2 N–H and O–H groups in total. The van der Waals surface area contributed by atoms with Crippen LogP contribution in [-0.4, -0.2) is 59.2 Å². The van der Waals surface area contributed by atoms with Crippen molar-refractivity contribution in [3.05, 3.63) is 36.5 Å². The molecule has 2 aliphatic heterocycles. The Morgan fingerprint density at radius 1 is 1.06 bits per heavy atom. The number of benzene rings is 1. The van der Waals surface area contributed by atoms with Gasteiger partial charge >= 0.3 is 0 Å². The smallest absolute Gasteiger partial charge is 0.252 e. The molecule has 0 spiro atoms. The standard InChI is InChI=1S/C22H23N9O/c23-10-20-25-12-30(29-20)16-5-6-18(19(32)9-16)22-24-11-21(27-28-22)31(15-3-4-15)17-7-13-1-2-14(8-17)26-13/h5-6,9,11-15,17,26,32H,1-4,7-8H2/t13-,14+,17-. The summed E-state index contributed by atoms with van der Waals surface area (Å²) in [6.07, 6.45) is 10.4. The van der Waals surface area contributed by atoms with Crippen LogP contribution in [0.1, 0.15) is 44.3 Å². The first-order valence-electron chi connectivity index (χ1n) is 11.1. The van der Waals surface area contributed by atoms with Gasteiger partial charge in [-0.2, -0.15) is 5.26 Å². The summed E-state index contributed by atoms with van der Waals surface area (Å²) in [5.74, 6) is 1.28. The summed E-state index contributed by atoms with van der Waals surface area (Å²) in [5, 5.41) is 36.1. The molecule has 3 fully saturated rings. The Labute approximate surface area is 184 Å². The third-order valence-electron chi connectivity index (χ3n) is 6.67. The van der Waals surface area contributed by atoms with Gasteiger partial charge in [0.1, 0.15) is 18.1 Å². The van der Waals surface area contributed by atoms with Crippen molar-refractivity contribution in [1.82, 2.24) is 35.3 Å². The molecule has 4 heterocycles. The van der Waals surface area contributed by atoms with Gasteiger partial charge in [-0.25, -0.2) is 14.6 Å². The van der Waals surface area contributed by atoms with Crippen LogP contribution >= 0.6 is 0 Å². The van der Waals surface area contributed by atoms with E-state index in [0.29, 0.717) is 41.2 Å². The maximum Gasteiger partial charge on any atom is 0.252 e. The van der Waals surface area contributed by atoms with Gasteiger partial charge in [-0.1, -0.05) is 0 Å². The normalized spacial score (nSPS) is 24.3. The maximum atomic E-state index is 10.6. The molecule has 3 aliphatic rings. The van der Waals surface area contributed by atoms with Crippen LogP contribution < -0.4 is 10.2 Å². The Bertz CT molecular complexity index is 1170. The molecule has 1 aliphatic carbocycles. The van der Waals surface area contributed by atoms with Crippen molar-refractivity contribution in [1.29, 1.82) is 5.26 Å². The number of aromatic hydroxyl groups is 1. The van der Waals surface area contributed by atoms with E-state index in [2.05, 4.69) is 35.5 Å². The molecule has 2 saturated heterocycles. The summed E-state index contributed by atoms with van der Waals surface area (Å²) in [5.41, 5.74) is 1.08. The van der Waals surface area contributed by atoms with E-state index >= 15 is 0 Å². The van der Waals surface area contributed by atoms with Crippen LogP contribution in [0.15, 0.2) is 30.7 Å². The number of fused-ring (bicyclic) bond motifs is 2. The van der Waals surface area contributed by atoms with Gasteiger partial charge in [-0.05, 0) is 50.7 Å². The molecule has 0 unspecified atom stereocenters. The first kappa shape index (κ1) is 19.1. The lowest BCUT2D eigenvalue weighted by molar-refractivity contribution is 0.343. The number of phenols is 1. The number of hydrogen-bond acceptors (Lipinski definition) is 9. The largest absolute Gasteiger partial charge is 0.507 e. The molecule has 3 atom stereocenters. The molecular weight excluding hydrogens is 406 g/mol. The molecule has 10 heteroatoms. The van der Waals surface area contributed by atoms with E-state index in [4.69, 9.17) is 5.26 Å². The lowest BCUT2D eigenvalue weighted by Crippen LogP contribution is -2.49. The minimum absolute atomic E-state index is 0.0139. The average Bonchev–Trinajstić information content (AvgIpc) is 3.41. The number of rotatable bonds is 5. The van der Waals surface area contributed by atoms with E-state index in [1.807, 2.05) is 6.07 Å². The SMILES string of the molecule is N#Cc1ncn(-c2ccc(-c3ncc(N(C4CC4)[C@@H]4C[C@H]5CC[C@@H](C4)N5)nn3)c(O)c2)n1. The van der Waals surface area contributed by atoms with Crippen LogP contribution in [0.2, 0.25) is 0 Å². The van der Waals surface area contributed by atoms with Crippen LogP contribution in [-0.2, 0) is 0 Å². The van der Waals surface area contributed by atoms with Gasteiger partial charge in [0.05, 0.1) is 17.4 Å². The van der Waals surface area contributed by atoms with Gasteiger partial charge in [0, 0.05) is 30.2 Å². The molecule has 2 aromatic heterocycles. The van der Waals surface area contributed by atoms with Crippen molar-refractivity contribution in [3.63, 3.8) is 0 Å². The second kappa shape index (κ2) is 7.53. The lowest BCUT2D eigenvalue weighted by atomic mass is 9.98. The minimum Gasteiger partial charge on any atom is -0.507 e. The first-order chi connectivity index (χ1) is 15.7. The Morgan fingerprint density at radius 2 is 1.88 bits per heavy atom. The average molecular weight is 429 g/mol. The third-order valence-corrected chi connectivity index (χ3v) is 6.67. The van der Waals surface area contributed by atoms with Gasteiger partial charge in [-0.15, -0.1) is 15.3 Å². The van der Waals surface area contributed by atoms with Crippen LogP contribution in [0, 0.1) is 11.3 Å². The fourth-order valence-electron chi connectivity index (χ4n) is 5.08. The lowest BCUT2D eigenvalue weighted by Gasteiger charge is -2.38. The molecule has 2 bridgehead atoms. The highest BCUT2D eigenvalue weighted by Gasteiger charge is 2.41. The van der Waals surface area contributed by atoms with E-state index in [1.54, 1.807) is 24.4 Å². The van der Waals surface area contributed by atoms with E-state index in [-0.39, 0.29) is 11.6 Å². The minimum atomic E-state index is 0.0139. The van der Waals surface area contributed by atoms with E-state index in [9.17, 15) is 5.11 Å². The summed E-state index contributed by atoms with van der Waals surface area (Å²) in [6, 6.07) is 9.17. The topological polar surface area (TPSA) is 129 Å². The van der Waals surface area contributed by atoms with Crippen molar-refractivity contribution in [2.45, 2.75) is 62.7 Å².